The predicted molar refractivity (Wildman–Crippen MR) is 192 cm³/mol. The van der Waals surface area contributed by atoms with E-state index < -0.39 is 0 Å². The van der Waals surface area contributed by atoms with Gasteiger partial charge >= 0.3 is 0 Å². The van der Waals surface area contributed by atoms with Crippen LogP contribution in [0.2, 0.25) is 0 Å². The Morgan fingerprint density at radius 3 is 1.49 bits per heavy atom. The van der Waals surface area contributed by atoms with Crippen molar-refractivity contribution in [1.29, 1.82) is 0 Å². The molecule has 2 heterocycles. The van der Waals surface area contributed by atoms with Gasteiger partial charge in [0.05, 0.1) is 11.1 Å². The Kier molecular flexibility index (Phi) is 6.43. The van der Waals surface area contributed by atoms with Crippen LogP contribution in [-0.4, -0.2) is 4.98 Å². The van der Waals surface area contributed by atoms with Crippen LogP contribution in [0, 0.1) is 0 Å². The van der Waals surface area contributed by atoms with Gasteiger partial charge < -0.3 is 13.7 Å². The average molecular weight is 605 g/mol. The van der Waals surface area contributed by atoms with Crippen molar-refractivity contribution in [3.8, 4) is 33.7 Å². The molecule has 7 aromatic carbocycles. The summed E-state index contributed by atoms with van der Waals surface area (Å²) in [5.74, 6) is 0.579. The van der Waals surface area contributed by atoms with E-state index >= 15 is 0 Å². The van der Waals surface area contributed by atoms with E-state index in [0.717, 1.165) is 61.2 Å². The SMILES string of the molecule is c1ccc(-c2ccc(N(c3ccc(-c4ccccc4)cc3)c3cc4oc(-c5ccccc5)nc4c4c3oc3ccccc34)cc2)cc1. The fourth-order valence-electron chi connectivity index (χ4n) is 6.42. The van der Waals surface area contributed by atoms with E-state index in [1.165, 1.54) is 11.1 Å². The molecule has 0 unspecified atom stereocenters. The zero-order valence-corrected chi connectivity index (χ0v) is 25.4. The number of fused-ring (bicyclic) bond motifs is 5. The van der Waals surface area contributed by atoms with E-state index in [0.29, 0.717) is 11.5 Å². The standard InChI is InChI=1S/C43H28N2O2/c1-4-12-29(13-5-1)31-20-24-34(25-21-31)45(35-26-22-32(23-27-35)30-14-6-2-7-15-30)37-28-39-41(44-43(47-39)33-16-8-3-9-17-33)40-36-18-10-11-19-38(36)46-42(37)40/h1-28H. The molecule has 0 N–H and O–H groups in total. The summed E-state index contributed by atoms with van der Waals surface area (Å²) in [6.07, 6.45) is 0. The molecule has 2 aromatic heterocycles. The summed E-state index contributed by atoms with van der Waals surface area (Å²) in [4.78, 5) is 7.27. The van der Waals surface area contributed by atoms with Gasteiger partial charge in [-0.15, -0.1) is 0 Å². The number of anilines is 3. The average Bonchev–Trinajstić information content (AvgIpc) is 3.76. The van der Waals surface area contributed by atoms with Gasteiger partial charge in [0.15, 0.2) is 11.2 Å². The second kappa shape index (κ2) is 11.2. The summed E-state index contributed by atoms with van der Waals surface area (Å²) in [6, 6.07) is 58.5. The highest BCUT2D eigenvalue weighted by Crippen LogP contribution is 2.46. The molecule has 47 heavy (non-hydrogen) atoms. The van der Waals surface area contributed by atoms with Crippen LogP contribution in [0.4, 0.5) is 17.1 Å². The zero-order valence-electron chi connectivity index (χ0n) is 25.4. The molecule has 0 aliphatic carbocycles. The number of rotatable bonds is 6. The van der Waals surface area contributed by atoms with Crippen LogP contribution in [0.25, 0.3) is 66.7 Å². The molecule has 222 valence electrons. The number of nitrogens with zero attached hydrogens (tertiary/aromatic N) is 2. The quantitative estimate of drug-likeness (QED) is 0.189. The summed E-state index contributed by atoms with van der Waals surface area (Å²) >= 11 is 0. The highest BCUT2D eigenvalue weighted by atomic mass is 16.4. The number of hydrogen-bond acceptors (Lipinski definition) is 4. The Balaban J connectivity index is 1.28. The second-order valence-corrected chi connectivity index (χ2v) is 11.6. The third-order valence-corrected chi connectivity index (χ3v) is 8.71. The van der Waals surface area contributed by atoms with Crippen molar-refractivity contribution in [1.82, 2.24) is 4.98 Å². The molecule has 0 aliphatic heterocycles. The van der Waals surface area contributed by atoms with Gasteiger partial charge in [-0.25, -0.2) is 4.98 Å². The first-order valence-corrected chi connectivity index (χ1v) is 15.7. The Labute approximate surface area is 271 Å². The topological polar surface area (TPSA) is 42.4 Å². The molecule has 0 bridgehead atoms. The fraction of sp³-hybridized carbons (Fsp3) is 0. The largest absolute Gasteiger partial charge is 0.454 e. The smallest absolute Gasteiger partial charge is 0.227 e. The Bertz CT molecular complexity index is 2400. The lowest BCUT2D eigenvalue weighted by Crippen LogP contribution is -2.10. The maximum atomic E-state index is 6.69. The van der Waals surface area contributed by atoms with Crippen LogP contribution < -0.4 is 4.90 Å². The van der Waals surface area contributed by atoms with Crippen molar-refractivity contribution in [2.75, 3.05) is 4.90 Å². The first-order valence-electron chi connectivity index (χ1n) is 15.7. The first-order chi connectivity index (χ1) is 23.3. The minimum Gasteiger partial charge on any atom is -0.454 e. The van der Waals surface area contributed by atoms with Crippen LogP contribution >= 0.6 is 0 Å². The van der Waals surface area contributed by atoms with Crippen LogP contribution in [-0.2, 0) is 0 Å². The van der Waals surface area contributed by atoms with E-state index in [1.807, 2.05) is 60.7 Å². The molecule has 0 saturated heterocycles. The molecular weight excluding hydrogens is 576 g/mol. The van der Waals surface area contributed by atoms with E-state index in [4.69, 9.17) is 13.8 Å². The third kappa shape index (κ3) is 4.75. The summed E-state index contributed by atoms with van der Waals surface area (Å²) in [5, 5.41) is 1.94. The van der Waals surface area contributed by atoms with E-state index in [-0.39, 0.29) is 0 Å². The lowest BCUT2D eigenvalue weighted by Gasteiger charge is -2.26. The van der Waals surface area contributed by atoms with Crippen LogP contribution in [0.5, 0.6) is 0 Å². The predicted octanol–water partition coefficient (Wildman–Crippen LogP) is 12.2. The number of benzene rings is 7. The molecule has 9 aromatic rings. The van der Waals surface area contributed by atoms with Crippen LogP contribution in [0.15, 0.2) is 179 Å². The Hall–Kier alpha value is -6.39. The third-order valence-electron chi connectivity index (χ3n) is 8.71. The monoisotopic (exact) mass is 604 g/mol. The molecule has 0 spiro atoms. The maximum absolute atomic E-state index is 6.69. The summed E-state index contributed by atoms with van der Waals surface area (Å²) in [6.45, 7) is 0. The Morgan fingerprint density at radius 1 is 0.426 bits per heavy atom. The fourth-order valence-corrected chi connectivity index (χ4v) is 6.42. The number of para-hydroxylation sites is 1. The van der Waals surface area contributed by atoms with Crippen LogP contribution in [0.1, 0.15) is 0 Å². The molecule has 0 aliphatic rings. The van der Waals surface area contributed by atoms with Gasteiger partial charge in [0.25, 0.3) is 0 Å². The lowest BCUT2D eigenvalue weighted by molar-refractivity contribution is 0.619. The maximum Gasteiger partial charge on any atom is 0.227 e. The molecule has 0 atom stereocenters. The van der Waals surface area contributed by atoms with E-state index in [1.54, 1.807) is 0 Å². The molecule has 0 fully saturated rings. The van der Waals surface area contributed by atoms with Crippen molar-refractivity contribution in [2.24, 2.45) is 0 Å². The number of furan rings is 1. The minimum absolute atomic E-state index is 0.579. The number of oxazole rings is 1. The van der Waals surface area contributed by atoms with Crippen molar-refractivity contribution in [3.63, 3.8) is 0 Å². The molecular formula is C43H28N2O2. The van der Waals surface area contributed by atoms with Gasteiger partial charge in [-0.3, -0.25) is 0 Å². The first kappa shape index (κ1) is 27.0. The van der Waals surface area contributed by atoms with Gasteiger partial charge in [-0.05, 0) is 64.7 Å². The van der Waals surface area contributed by atoms with Gasteiger partial charge in [0, 0.05) is 28.4 Å². The molecule has 0 amide bonds. The molecule has 9 rings (SSSR count). The Morgan fingerprint density at radius 2 is 0.915 bits per heavy atom. The van der Waals surface area contributed by atoms with Gasteiger partial charge in [0.2, 0.25) is 5.89 Å². The number of aromatic nitrogens is 1. The molecule has 0 radical (unpaired) electrons. The van der Waals surface area contributed by atoms with E-state index in [9.17, 15) is 0 Å². The van der Waals surface area contributed by atoms with Crippen molar-refractivity contribution in [3.05, 3.63) is 170 Å². The van der Waals surface area contributed by atoms with Crippen LogP contribution in [0.3, 0.4) is 0 Å². The highest BCUT2D eigenvalue weighted by Gasteiger charge is 2.25. The minimum atomic E-state index is 0.579. The van der Waals surface area contributed by atoms with Gasteiger partial charge in [-0.2, -0.15) is 0 Å². The van der Waals surface area contributed by atoms with Gasteiger partial charge in [-0.1, -0.05) is 121 Å². The second-order valence-electron chi connectivity index (χ2n) is 11.6. The summed E-state index contributed by atoms with van der Waals surface area (Å²) < 4.78 is 13.2. The lowest BCUT2D eigenvalue weighted by atomic mass is 10.0. The van der Waals surface area contributed by atoms with E-state index in [2.05, 4.69) is 114 Å². The molecule has 0 saturated carbocycles. The van der Waals surface area contributed by atoms with Crippen molar-refractivity contribution in [2.45, 2.75) is 0 Å². The van der Waals surface area contributed by atoms with Crippen molar-refractivity contribution < 1.29 is 8.83 Å². The molecule has 4 heteroatoms. The highest BCUT2D eigenvalue weighted by molar-refractivity contribution is 6.21. The zero-order chi connectivity index (χ0) is 31.2. The molecule has 4 nitrogen and oxygen atoms in total. The normalized spacial score (nSPS) is 11.4. The van der Waals surface area contributed by atoms with Gasteiger partial charge in [0.1, 0.15) is 11.1 Å². The number of hydrogen-bond donors (Lipinski definition) is 0. The van der Waals surface area contributed by atoms with Crippen molar-refractivity contribution >= 4 is 50.1 Å². The summed E-state index contributed by atoms with van der Waals surface area (Å²) in [7, 11) is 0. The summed E-state index contributed by atoms with van der Waals surface area (Å²) in [5.41, 5.74) is 11.5.